The normalized spacial score (nSPS) is 10.4. The minimum absolute atomic E-state index is 0.00235. The molecule has 1 aromatic carbocycles. The van der Waals surface area contributed by atoms with Crippen molar-refractivity contribution in [2.45, 2.75) is 19.8 Å². The number of carbonyl (C=O) groups is 1. The third-order valence-electron chi connectivity index (χ3n) is 2.97. The van der Waals surface area contributed by atoms with Gasteiger partial charge in [0, 0.05) is 18.1 Å². The van der Waals surface area contributed by atoms with Crippen LogP contribution in [0.2, 0.25) is 0 Å². The fourth-order valence-corrected chi connectivity index (χ4v) is 1.89. The highest BCUT2D eigenvalue weighted by atomic mass is 16.5. The molecule has 0 saturated heterocycles. The van der Waals surface area contributed by atoms with Crippen molar-refractivity contribution in [1.29, 1.82) is 0 Å². The average molecular weight is 273 g/mol. The molecule has 1 aromatic heterocycles. The SMILES string of the molecule is CCCCNC(=O)COc1ccc(N)c2ncccc12. The number of hydrogen-bond acceptors (Lipinski definition) is 4. The Bertz CT molecular complexity index is 599. The number of carbonyl (C=O) groups excluding carboxylic acids is 1. The van der Waals surface area contributed by atoms with Crippen LogP contribution in [-0.4, -0.2) is 24.0 Å². The standard InChI is InChI=1S/C15H19N3O2/c1-2-3-8-17-14(19)10-20-13-7-6-12(16)15-11(13)5-4-9-18-15/h4-7,9H,2-3,8,10,16H2,1H3,(H,17,19). The molecular formula is C15H19N3O2. The number of rotatable bonds is 6. The topological polar surface area (TPSA) is 77.2 Å². The van der Waals surface area contributed by atoms with E-state index >= 15 is 0 Å². The van der Waals surface area contributed by atoms with Crippen LogP contribution in [0, 0.1) is 0 Å². The summed E-state index contributed by atoms with van der Waals surface area (Å²) in [7, 11) is 0. The van der Waals surface area contributed by atoms with Gasteiger partial charge in [0.25, 0.3) is 5.91 Å². The van der Waals surface area contributed by atoms with E-state index in [1.165, 1.54) is 0 Å². The summed E-state index contributed by atoms with van der Waals surface area (Å²) in [6.45, 7) is 2.76. The summed E-state index contributed by atoms with van der Waals surface area (Å²) in [5.74, 6) is 0.500. The molecule has 3 N–H and O–H groups in total. The summed E-state index contributed by atoms with van der Waals surface area (Å²) in [5.41, 5.74) is 7.15. The number of pyridine rings is 1. The molecule has 1 amide bonds. The van der Waals surface area contributed by atoms with Crippen molar-refractivity contribution < 1.29 is 9.53 Å². The smallest absolute Gasteiger partial charge is 0.257 e. The van der Waals surface area contributed by atoms with E-state index in [1.807, 2.05) is 12.1 Å². The van der Waals surface area contributed by atoms with Crippen molar-refractivity contribution in [3.8, 4) is 5.75 Å². The van der Waals surface area contributed by atoms with Crippen LogP contribution in [-0.2, 0) is 4.79 Å². The van der Waals surface area contributed by atoms with E-state index in [9.17, 15) is 4.79 Å². The first-order valence-electron chi connectivity index (χ1n) is 6.75. The number of nitrogen functional groups attached to an aromatic ring is 1. The number of amides is 1. The zero-order valence-corrected chi connectivity index (χ0v) is 11.6. The Morgan fingerprint density at radius 1 is 1.40 bits per heavy atom. The number of ether oxygens (including phenoxy) is 1. The third kappa shape index (κ3) is 3.38. The molecule has 0 spiro atoms. The second-order valence-electron chi connectivity index (χ2n) is 4.54. The number of nitrogens with two attached hydrogens (primary N) is 1. The predicted molar refractivity (Wildman–Crippen MR) is 79.6 cm³/mol. The number of aromatic nitrogens is 1. The van der Waals surface area contributed by atoms with Gasteiger partial charge in [0.05, 0.1) is 11.2 Å². The minimum Gasteiger partial charge on any atom is -0.483 e. The molecule has 5 heteroatoms. The maximum absolute atomic E-state index is 11.6. The maximum Gasteiger partial charge on any atom is 0.257 e. The van der Waals surface area contributed by atoms with E-state index in [-0.39, 0.29) is 12.5 Å². The number of anilines is 1. The summed E-state index contributed by atoms with van der Waals surface area (Å²) in [6.07, 6.45) is 3.70. The van der Waals surface area contributed by atoms with Crippen molar-refractivity contribution in [2.75, 3.05) is 18.9 Å². The van der Waals surface area contributed by atoms with Crippen LogP contribution < -0.4 is 15.8 Å². The van der Waals surface area contributed by atoms with Gasteiger partial charge in [-0.3, -0.25) is 9.78 Å². The van der Waals surface area contributed by atoms with Crippen LogP contribution in [0.4, 0.5) is 5.69 Å². The van der Waals surface area contributed by atoms with Gasteiger partial charge in [-0.1, -0.05) is 13.3 Å². The summed E-state index contributed by atoms with van der Waals surface area (Å²) in [5, 5.41) is 3.62. The number of benzene rings is 1. The molecule has 20 heavy (non-hydrogen) atoms. The van der Waals surface area contributed by atoms with Gasteiger partial charge in [-0.05, 0) is 30.7 Å². The van der Waals surface area contributed by atoms with Crippen molar-refractivity contribution in [2.24, 2.45) is 0 Å². The molecule has 2 rings (SSSR count). The van der Waals surface area contributed by atoms with Gasteiger partial charge in [-0.25, -0.2) is 0 Å². The maximum atomic E-state index is 11.6. The van der Waals surface area contributed by atoms with Crippen LogP contribution in [0.1, 0.15) is 19.8 Å². The summed E-state index contributed by atoms with van der Waals surface area (Å²) >= 11 is 0. The van der Waals surface area contributed by atoms with Gasteiger partial charge in [0.2, 0.25) is 0 Å². The highest BCUT2D eigenvalue weighted by Crippen LogP contribution is 2.28. The molecule has 5 nitrogen and oxygen atoms in total. The Kier molecular flexibility index (Phi) is 4.76. The quantitative estimate of drug-likeness (QED) is 0.624. The van der Waals surface area contributed by atoms with Crippen molar-refractivity contribution >= 4 is 22.5 Å². The highest BCUT2D eigenvalue weighted by molar-refractivity contribution is 5.94. The van der Waals surface area contributed by atoms with Gasteiger partial charge < -0.3 is 15.8 Å². The molecule has 106 valence electrons. The molecular weight excluding hydrogens is 254 g/mol. The van der Waals surface area contributed by atoms with Crippen molar-refractivity contribution in [3.63, 3.8) is 0 Å². The van der Waals surface area contributed by atoms with Crippen LogP contribution >= 0.6 is 0 Å². The lowest BCUT2D eigenvalue weighted by atomic mass is 10.2. The van der Waals surface area contributed by atoms with E-state index in [4.69, 9.17) is 10.5 Å². The van der Waals surface area contributed by atoms with E-state index in [0.29, 0.717) is 23.5 Å². The number of hydrogen-bond donors (Lipinski definition) is 2. The monoisotopic (exact) mass is 273 g/mol. The Labute approximate surface area is 118 Å². The second kappa shape index (κ2) is 6.75. The van der Waals surface area contributed by atoms with E-state index < -0.39 is 0 Å². The highest BCUT2D eigenvalue weighted by Gasteiger charge is 2.08. The largest absolute Gasteiger partial charge is 0.483 e. The summed E-state index contributed by atoms with van der Waals surface area (Å²) < 4.78 is 5.56. The van der Waals surface area contributed by atoms with Gasteiger partial charge >= 0.3 is 0 Å². The fourth-order valence-electron chi connectivity index (χ4n) is 1.89. The molecule has 0 saturated carbocycles. The zero-order valence-electron chi connectivity index (χ0n) is 11.6. The molecule has 0 aliphatic carbocycles. The Balaban J connectivity index is 2.03. The molecule has 2 aromatic rings. The van der Waals surface area contributed by atoms with Gasteiger partial charge in [0.1, 0.15) is 5.75 Å². The fraction of sp³-hybridized carbons (Fsp3) is 0.333. The van der Waals surface area contributed by atoms with Crippen LogP contribution in [0.3, 0.4) is 0 Å². The van der Waals surface area contributed by atoms with E-state index in [1.54, 1.807) is 18.3 Å². The number of nitrogens with zero attached hydrogens (tertiary/aromatic N) is 1. The second-order valence-corrected chi connectivity index (χ2v) is 4.54. The zero-order chi connectivity index (χ0) is 14.4. The van der Waals surface area contributed by atoms with Crippen molar-refractivity contribution in [1.82, 2.24) is 10.3 Å². The van der Waals surface area contributed by atoms with E-state index in [0.717, 1.165) is 18.2 Å². The molecule has 0 atom stereocenters. The summed E-state index contributed by atoms with van der Waals surface area (Å²) in [4.78, 5) is 15.8. The first-order valence-corrected chi connectivity index (χ1v) is 6.75. The van der Waals surface area contributed by atoms with Crippen LogP contribution in [0.5, 0.6) is 5.75 Å². The average Bonchev–Trinajstić information content (AvgIpc) is 2.47. The first kappa shape index (κ1) is 14.1. The lowest BCUT2D eigenvalue weighted by Crippen LogP contribution is -2.29. The Morgan fingerprint density at radius 3 is 3.05 bits per heavy atom. The molecule has 0 fully saturated rings. The molecule has 0 unspecified atom stereocenters. The van der Waals surface area contributed by atoms with Crippen molar-refractivity contribution in [3.05, 3.63) is 30.5 Å². The Hall–Kier alpha value is -2.30. The molecule has 0 radical (unpaired) electrons. The molecule has 0 aliphatic rings. The van der Waals surface area contributed by atoms with Crippen LogP contribution in [0.25, 0.3) is 10.9 Å². The molecule has 1 heterocycles. The lowest BCUT2D eigenvalue weighted by molar-refractivity contribution is -0.123. The van der Waals surface area contributed by atoms with Gasteiger partial charge in [-0.2, -0.15) is 0 Å². The van der Waals surface area contributed by atoms with Gasteiger partial charge in [-0.15, -0.1) is 0 Å². The summed E-state index contributed by atoms with van der Waals surface area (Å²) in [6, 6.07) is 7.19. The van der Waals surface area contributed by atoms with E-state index in [2.05, 4.69) is 17.2 Å². The lowest BCUT2D eigenvalue weighted by Gasteiger charge is -2.10. The Morgan fingerprint density at radius 2 is 2.25 bits per heavy atom. The predicted octanol–water partition coefficient (Wildman–Crippen LogP) is 2.11. The minimum atomic E-state index is -0.118. The number of nitrogens with one attached hydrogen (secondary N) is 1. The number of fused-ring (bicyclic) bond motifs is 1. The van der Waals surface area contributed by atoms with Crippen LogP contribution in [0.15, 0.2) is 30.5 Å². The molecule has 0 aliphatic heterocycles. The number of unbranched alkanes of at least 4 members (excludes halogenated alkanes) is 1. The van der Waals surface area contributed by atoms with Gasteiger partial charge in [0.15, 0.2) is 6.61 Å². The third-order valence-corrected chi connectivity index (χ3v) is 2.97. The first-order chi connectivity index (χ1) is 9.72. The molecule has 0 bridgehead atoms.